The van der Waals surface area contributed by atoms with Crippen molar-refractivity contribution in [2.45, 2.75) is 25.3 Å². The zero-order valence-corrected chi connectivity index (χ0v) is 7.18. The zero-order valence-electron chi connectivity index (χ0n) is 7.18. The lowest BCUT2D eigenvalue weighted by atomic mass is 10.0. The zero-order chi connectivity index (χ0) is 8.81. The molecule has 0 aromatic rings. The van der Waals surface area contributed by atoms with Crippen molar-refractivity contribution >= 4 is 5.91 Å². The number of rotatable bonds is 3. The first-order valence-electron chi connectivity index (χ1n) is 4.46. The number of piperidine rings is 1. The molecule has 1 rings (SSSR count). The summed E-state index contributed by atoms with van der Waals surface area (Å²) < 4.78 is 0. The van der Waals surface area contributed by atoms with Gasteiger partial charge in [0.05, 0.1) is 12.6 Å². The Morgan fingerprint density at radius 2 is 2.42 bits per heavy atom. The third-order valence-corrected chi connectivity index (χ3v) is 2.04. The van der Waals surface area contributed by atoms with E-state index in [1.807, 2.05) is 0 Å². The SMILES string of the molecule is O=C(NCCO)[C@@H]1CCCCN1. The summed E-state index contributed by atoms with van der Waals surface area (Å²) in [6.07, 6.45) is 3.19. The first-order valence-corrected chi connectivity index (χ1v) is 4.46. The van der Waals surface area contributed by atoms with E-state index in [0.29, 0.717) is 6.54 Å². The van der Waals surface area contributed by atoms with Crippen molar-refractivity contribution in [2.75, 3.05) is 19.7 Å². The molecule has 1 atom stereocenters. The van der Waals surface area contributed by atoms with Gasteiger partial charge < -0.3 is 15.7 Å². The molecule has 1 aliphatic heterocycles. The van der Waals surface area contributed by atoms with Gasteiger partial charge in [-0.3, -0.25) is 4.79 Å². The number of hydrogen-bond acceptors (Lipinski definition) is 3. The van der Waals surface area contributed by atoms with Crippen LogP contribution in [0.4, 0.5) is 0 Å². The van der Waals surface area contributed by atoms with Crippen molar-refractivity contribution in [2.24, 2.45) is 0 Å². The largest absolute Gasteiger partial charge is 0.395 e. The first kappa shape index (κ1) is 9.48. The Morgan fingerprint density at radius 3 is 3.00 bits per heavy atom. The highest BCUT2D eigenvalue weighted by molar-refractivity contribution is 5.81. The van der Waals surface area contributed by atoms with Gasteiger partial charge in [0, 0.05) is 6.54 Å². The monoisotopic (exact) mass is 172 g/mol. The highest BCUT2D eigenvalue weighted by Crippen LogP contribution is 2.06. The Morgan fingerprint density at radius 1 is 1.58 bits per heavy atom. The molecule has 4 heteroatoms. The van der Waals surface area contributed by atoms with E-state index in [1.54, 1.807) is 0 Å². The average Bonchev–Trinajstić information content (AvgIpc) is 2.15. The van der Waals surface area contributed by atoms with Crippen molar-refractivity contribution in [1.82, 2.24) is 10.6 Å². The highest BCUT2D eigenvalue weighted by atomic mass is 16.3. The van der Waals surface area contributed by atoms with E-state index in [0.717, 1.165) is 25.8 Å². The van der Waals surface area contributed by atoms with Gasteiger partial charge in [-0.05, 0) is 19.4 Å². The van der Waals surface area contributed by atoms with Gasteiger partial charge in [-0.15, -0.1) is 0 Å². The van der Waals surface area contributed by atoms with Crippen molar-refractivity contribution < 1.29 is 9.90 Å². The normalized spacial score (nSPS) is 23.6. The molecule has 12 heavy (non-hydrogen) atoms. The number of carbonyl (C=O) groups is 1. The van der Waals surface area contributed by atoms with Gasteiger partial charge in [0.15, 0.2) is 0 Å². The van der Waals surface area contributed by atoms with E-state index in [9.17, 15) is 4.79 Å². The summed E-state index contributed by atoms with van der Waals surface area (Å²) >= 11 is 0. The Kier molecular flexibility index (Phi) is 4.04. The van der Waals surface area contributed by atoms with Gasteiger partial charge in [0.2, 0.25) is 5.91 Å². The van der Waals surface area contributed by atoms with Gasteiger partial charge in [0.1, 0.15) is 0 Å². The fourth-order valence-electron chi connectivity index (χ4n) is 1.38. The Labute approximate surface area is 72.3 Å². The fourth-order valence-corrected chi connectivity index (χ4v) is 1.38. The molecule has 0 spiro atoms. The van der Waals surface area contributed by atoms with E-state index in [2.05, 4.69) is 10.6 Å². The number of nitrogens with one attached hydrogen (secondary N) is 2. The van der Waals surface area contributed by atoms with Crippen LogP contribution < -0.4 is 10.6 Å². The maximum atomic E-state index is 11.3. The number of hydrogen-bond donors (Lipinski definition) is 3. The van der Waals surface area contributed by atoms with Crippen molar-refractivity contribution in [3.05, 3.63) is 0 Å². The lowest BCUT2D eigenvalue weighted by Crippen LogP contribution is -2.47. The fraction of sp³-hybridized carbons (Fsp3) is 0.875. The van der Waals surface area contributed by atoms with Crippen LogP contribution in [0.3, 0.4) is 0 Å². The number of aliphatic hydroxyl groups excluding tert-OH is 1. The van der Waals surface area contributed by atoms with Gasteiger partial charge >= 0.3 is 0 Å². The van der Waals surface area contributed by atoms with Crippen LogP contribution in [0.5, 0.6) is 0 Å². The smallest absolute Gasteiger partial charge is 0.237 e. The third-order valence-electron chi connectivity index (χ3n) is 2.04. The third kappa shape index (κ3) is 2.79. The minimum absolute atomic E-state index is 0.0124. The molecular formula is C8H16N2O2. The quantitative estimate of drug-likeness (QED) is 0.524. The molecule has 0 unspecified atom stereocenters. The van der Waals surface area contributed by atoms with Crippen LogP contribution in [0.15, 0.2) is 0 Å². The molecule has 4 nitrogen and oxygen atoms in total. The summed E-state index contributed by atoms with van der Waals surface area (Å²) in [7, 11) is 0. The lowest BCUT2D eigenvalue weighted by Gasteiger charge is -2.22. The van der Waals surface area contributed by atoms with E-state index in [4.69, 9.17) is 5.11 Å². The van der Waals surface area contributed by atoms with Crippen LogP contribution in [0.2, 0.25) is 0 Å². The van der Waals surface area contributed by atoms with Crippen molar-refractivity contribution in [1.29, 1.82) is 0 Å². The maximum Gasteiger partial charge on any atom is 0.237 e. The summed E-state index contributed by atoms with van der Waals surface area (Å²) in [5, 5.41) is 14.3. The molecule has 0 aromatic heterocycles. The van der Waals surface area contributed by atoms with E-state index in [1.165, 1.54) is 0 Å². The van der Waals surface area contributed by atoms with E-state index in [-0.39, 0.29) is 18.6 Å². The molecule has 1 heterocycles. The highest BCUT2D eigenvalue weighted by Gasteiger charge is 2.19. The van der Waals surface area contributed by atoms with E-state index >= 15 is 0 Å². The van der Waals surface area contributed by atoms with Crippen LogP contribution >= 0.6 is 0 Å². The molecule has 0 bridgehead atoms. The van der Waals surface area contributed by atoms with Crippen molar-refractivity contribution in [3.8, 4) is 0 Å². The maximum absolute atomic E-state index is 11.3. The van der Waals surface area contributed by atoms with Crippen LogP contribution in [0.25, 0.3) is 0 Å². The second kappa shape index (κ2) is 5.11. The number of carbonyl (C=O) groups excluding carboxylic acids is 1. The lowest BCUT2D eigenvalue weighted by molar-refractivity contribution is -0.123. The average molecular weight is 172 g/mol. The standard InChI is InChI=1S/C8H16N2O2/c11-6-5-10-8(12)7-3-1-2-4-9-7/h7,9,11H,1-6H2,(H,10,12)/t7-/m0/s1. The molecule has 0 aromatic carbocycles. The molecule has 0 aliphatic carbocycles. The van der Waals surface area contributed by atoms with Gasteiger partial charge in [-0.2, -0.15) is 0 Å². The number of aliphatic hydroxyl groups is 1. The predicted molar refractivity (Wildman–Crippen MR) is 45.7 cm³/mol. The Bertz CT molecular complexity index is 144. The molecular weight excluding hydrogens is 156 g/mol. The molecule has 1 fully saturated rings. The second-order valence-electron chi connectivity index (χ2n) is 3.02. The van der Waals surface area contributed by atoms with Crippen LogP contribution in [-0.4, -0.2) is 36.8 Å². The van der Waals surface area contributed by atoms with E-state index < -0.39 is 0 Å². The molecule has 1 amide bonds. The molecule has 70 valence electrons. The predicted octanol–water partition coefficient (Wildman–Crippen LogP) is -0.763. The summed E-state index contributed by atoms with van der Waals surface area (Å²) in [4.78, 5) is 11.3. The number of amides is 1. The molecule has 1 saturated heterocycles. The van der Waals surface area contributed by atoms with Gasteiger partial charge in [-0.1, -0.05) is 6.42 Å². The van der Waals surface area contributed by atoms with Gasteiger partial charge in [-0.25, -0.2) is 0 Å². The Balaban J connectivity index is 2.20. The minimum Gasteiger partial charge on any atom is -0.395 e. The van der Waals surface area contributed by atoms with Crippen LogP contribution in [-0.2, 0) is 4.79 Å². The van der Waals surface area contributed by atoms with Crippen LogP contribution in [0, 0.1) is 0 Å². The summed E-state index contributed by atoms with van der Waals surface area (Å²) in [6.45, 7) is 1.30. The summed E-state index contributed by atoms with van der Waals surface area (Å²) in [5.74, 6) is 0.0174. The van der Waals surface area contributed by atoms with Crippen LogP contribution in [0.1, 0.15) is 19.3 Å². The molecule has 0 saturated carbocycles. The molecule has 3 N–H and O–H groups in total. The first-order chi connectivity index (χ1) is 5.84. The summed E-state index contributed by atoms with van der Waals surface area (Å²) in [5.41, 5.74) is 0. The Hall–Kier alpha value is -0.610. The second-order valence-corrected chi connectivity index (χ2v) is 3.02. The van der Waals surface area contributed by atoms with Gasteiger partial charge in [0.25, 0.3) is 0 Å². The molecule has 0 radical (unpaired) electrons. The van der Waals surface area contributed by atoms with Crippen molar-refractivity contribution in [3.63, 3.8) is 0 Å². The summed E-state index contributed by atoms with van der Waals surface area (Å²) in [6, 6.07) is -0.0368. The minimum atomic E-state index is -0.0368. The molecule has 1 aliphatic rings. The topological polar surface area (TPSA) is 61.4 Å².